The highest BCUT2D eigenvalue weighted by Crippen LogP contribution is 2.27. The summed E-state index contributed by atoms with van der Waals surface area (Å²) in [7, 11) is 2.96. The molecule has 0 aliphatic rings. The van der Waals surface area contributed by atoms with Gasteiger partial charge in [-0.15, -0.1) is 0 Å². The van der Waals surface area contributed by atoms with Gasteiger partial charge in [0, 0.05) is 10.9 Å². The van der Waals surface area contributed by atoms with Crippen LogP contribution in [-0.2, 0) is 4.74 Å². The Morgan fingerprint density at radius 3 is 2.30 bits per heavy atom. The Labute approximate surface area is 173 Å². The fourth-order valence-electron chi connectivity index (χ4n) is 3.00. The number of nitrogens with zero attached hydrogens (tertiary/aromatic N) is 2. The lowest BCUT2D eigenvalue weighted by Crippen LogP contribution is -2.28. The lowest BCUT2D eigenvalue weighted by molar-refractivity contribution is 0.0468. The molecule has 0 saturated heterocycles. The van der Waals surface area contributed by atoms with Crippen LogP contribution in [0.25, 0.3) is 10.8 Å². The van der Waals surface area contributed by atoms with Gasteiger partial charge >= 0.3 is 5.97 Å². The fourth-order valence-corrected chi connectivity index (χ4v) is 3.00. The SMILES string of the molecule is COc1ccc(C(=O)COC(=O)c2nn(C(C)C)c(=O)c3ccccc23)cc1OC. The zero-order chi connectivity index (χ0) is 21.8. The van der Waals surface area contributed by atoms with Crippen LogP contribution in [0.4, 0.5) is 0 Å². The summed E-state index contributed by atoms with van der Waals surface area (Å²) in [6.45, 7) is 3.10. The van der Waals surface area contributed by atoms with Crippen LogP contribution in [0, 0.1) is 0 Å². The minimum atomic E-state index is -0.783. The fraction of sp³-hybridized carbons (Fsp3) is 0.273. The van der Waals surface area contributed by atoms with E-state index in [4.69, 9.17) is 14.2 Å². The number of hydrogen-bond acceptors (Lipinski definition) is 7. The van der Waals surface area contributed by atoms with Crippen molar-refractivity contribution in [1.29, 1.82) is 0 Å². The lowest BCUT2D eigenvalue weighted by atomic mass is 10.1. The average molecular weight is 410 g/mol. The van der Waals surface area contributed by atoms with Crippen LogP contribution in [0.1, 0.15) is 40.7 Å². The van der Waals surface area contributed by atoms with Crippen molar-refractivity contribution in [1.82, 2.24) is 9.78 Å². The first-order valence-corrected chi connectivity index (χ1v) is 9.31. The maximum Gasteiger partial charge on any atom is 0.359 e. The Kier molecular flexibility index (Phi) is 6.15. The summed E-state index contributed by atoms with van der Waals surface area (Å²) < 4.78 is 16.8. The third-order valence-corrected chi connectivity index (χ3v) is 4.55. The van der Waals surface area contributed by atoms with Gasteiger partial charge in [-0.05, 0) is 38.1 Å². The molecule has 3 aromatic rings. The van der Waals surface area contributed by atoms with Crippen molar-refractivity contribution in [2.75, 3.05) is 20.8 Å². The number of fused-ring (bicyclic) bond motifs is 1. The van der Waals surface area contributed by atoms with Crippen molar-refractivity contribution in [3.63, 3.8) is 0 Å². The predicted octanol–water partition coefficient (Wildman–Crippen LogP) is 3.03. The van der Waals surface area contributed by atoms with E-state index in [1.54, 1.807) is 50.2 Å². The third kappa shape index (κ3) is 4.03. The molecule has 2 aromatic carbocycles. The van der Waals surface area contributed by atoms with Crippen LogP contribution in [0.2, 0.25) is 0 Å². The number of carbonyl (C=O) groups is 2. The number of aromatic nitrogens is 2. The second-order valence-electron chi connectivity index (χ2n) is 6.81. The van der Waals surface area contributed by atoms with Gasteiger partial charge in [0.25, 0.3) is 5.56 Å². The third-order valence-electron chi connectivity index (χ3n) is 4.55. The minimum Gasteiger partial charge on any atom is -0.493 e. The van der Waals surface area contributed by atoms with Gasteiger partial charge in [-0.2, -0.15) is 5.10 Å². The van der Waals surface area contributed by atoms with E-state index in [1.807, 2.05) is 0 Å². The van der Waals surface area contributed by atoms with E-state index in [0.29, 0.717) is 27.8 Å². The molecule has 0 radical (unpaired) electrons. The summed E-state index contributed by atoms with van der Waals surface area (Å²) in [4.78, 5) is 37.8. The lowest BCUT2D eigenvalue weighted by Gasteiger charge is -2.13. The predicted molar refractivity (Wildman–Crippen MR) is 111 cm³/mol. The number of methoxy groups -OCH3 is 2. The molecule has 0 bridgehead atoms. The van der Waals surface area contributed by atoms with Gasteiger partial charge in [0.05, 0.1) is 25.6 Å². The first-order chi connectivity index (χ1) is 14.4. The number of Topliss-reactive ketones (excluding diaryl/α,β-unsaturated/α-hetero) is 1. The smallest absolute Gasteiger partial charge is 0.359 e. The van der Waals surface area contributed by atoms with Crippen LogP contribution >= 0.6 is 0 Å². The molecule has 1 aromatic heterocycles. The Hall–Kier alpha value is -3.68. The van der Waals surface area contributed by atoms with E-state index in [0.717, 1.165) is 0 Å². The van der Waals surface area contributed by atoms with E-state index in [9.17, 15) is 14.4 Å². The zero-order valence-corrected chi connectivity index (χ0v) is 17.2. The van der Waals surface area contributed by atoms with E-state index in [2.05, 4.69) is 5.10 Å². The molecule has 0 unspecified atom stereocenters. The highest BCUT2D eigenvalue weighted by molar-refractivity contribution is 6.04. The number of ketones is 1. The van der Waals surface area contributed by atoms with E-state index < -0.39 is 18.4 Å². The van der Waals surface area contributed by atoms with Gasteiger partial charge in [0.1, 0.15) is 0 Å². The number of ether oxygens (including phenoxy) is 3. The van der Waals surface area contributed by atoms with Crippen LogP contribution in [0.5, 0.6) is 11.5 Å². The molecule has 0 saturated carbocycles. The summed E-state index contributed by atoms with van der Waals surface area (Å²) in [6, 6.07) is 11.1. The molecular formula is C22H22N2O6. The topological polar surface area (TPSA) is 96.7 Å². The van der Waals surface area contributed by atoms with Crippen LogP contribution < -0.4 is 15.0 Å². The highest BCUT2D eigenvalue weighted by atomic mass is 16.5. The van der Waals surface area contributed by atoms with Crippen molar-refractivity contribution in [3.8, 4) is 11.5 Å². The standard InChI is InChI=1S/C22H22N2O6/c1-13(2)24-21(26)16-8-6-5-7-15(16)20(23-24)22(27)30-12-17(25)14-9-10-18(28-3)19(11-14)29-4/h5-11,13H,12H2,1-4H3. The van der Waals surface area contributed by atoms with Gasteiger partial charge in [0.15, 0.2) is 29.6 Å². The van der Waals surface area contributed by atoms with Gasteiger partial charge in [-0.3, -0.25) is 9.59 Å². The summed E-state index contributed by atoms with van der Waals surface area (Å²) in [5.41, 5.74) is 0.00276. The maximum atomic E-state index is 12.7. The zero-order valence-electron chi connectivity index (χ0n) is 17.2. The van der Waals surface area contributed by atoms with Crippen LogP contribution in [-0.4, -0.2) is 42.4 Å². The largest absolute Gasteiger partial charge is 0.493 e. The van der Waals surface area contributed by atoms with Gasteiger partial charge in [-0.25, -0.2) is 9.48 Å². The van der Waals surface area contributed by atoms with Crippen molar-refractivity contribution in [2.24, 2.45) is 0 Å². The maximum absolute atomic E-state index is 12.7. The van der Waals surface area contributed by atoms with Crippen molar-refractivity contribution in [2.45, 2.75) is 19.9 Å². The van der Waals surface area contributed by atoms with Gasteiger partial charge in [-0.1, -0.05) is 18.2 Å². The Bertz CT molecular complexity index is 1170. The van der Waals surface area contributed by atoms with Crippen molar-refractivity contribution in [3.05, 3.63) is 64.1 Å². The molecule has 3 rings (SSSR count). The second-order valence-corrected chi connectivity index (χ2v) is 6.81. The van der Waals surface area contributed by atoms with Crippen LogP contribution in [0.15, 0.2) is 47.3 Å². The monoisotopic (exact) mass is 410 g/mol. The molecular weight excluding hydrogens is 388 g/mol. The first-order valence-electron chi connectivity index (χ1n) is 9.31. The molecule has 8 nitrogen and oxygen atoms in total. The molecule has 0 fully saturated rings. The molecule has 30 heavy (non-hydrogen) atoms. The molecule has 0 N–H and O–H groups in total. The summed E-state index contributed by atoms with van der Waals surface area (Å²) >= 11 is 0. The number of esters is 1. The molecule has 0 aliphatic heterocycles. The molecule has 0 atom stereocenters. The quantitative estimate of drug-likeness (QED) is 0.436. The van der Waals surface area contributed by atoms with E-state index in [1.165, 1.54) is 25.0 Å². The highest BCUT2D eigenvalue weighted by Gasteiger charge is 2.20. The summed E-state index contributed by atoms with van der Waals surface area (Å²) in [5, 5.41) is 4.92. The second kappa shape index (κ2) is 8.77. The summed E-state index contributed by atoms with van der Waals surface area (Å²) in [6.07, 6.45) is 0. The van der Waals surface area contributed by atoms with Crippen LogP contribution in [0.3, 0.4) is 0 Å². The number of rotatable bonds is 7. The van der Waals surface area contributed by atoms with Crippen molar-refractivity contribution < 1.29 is 23.8 Å². The average Bonchev–Trinajstić information content (AvgIpc) is 2.76. The Morgan fingerprint density at radius 1 is 1.00 bits per heavy atom. The number of carbonyl (C=O) groups excluding carboxylic acids is 2. The number of hydrogen-bond donors (Lipinski definition) is 0. The Balaban J connectivity index is 1.86. The molecule has 0 spiro atoms. The minimum absolute atomic E-state index is 0.0148. The van der Waals surface area contributed by atoms with Crippen molar-refractivity contribution >= 4 is 22.5 Å². The molecule has 1 heterocycles. The van der Waals surface area contributed by atoms with E-state index >= 15 is 0 Å². The Morgan fingerprint density at radius 2 is 1.67 bits per heavy atom. The molecule has 8 heteroatoms. The molecule has 0 aliphatic carbocycles. The normalized spacial score (nSPS) is 10.8. The van der Waals surface area contributed by atoms with Gasteiger partial charge in [0.2, 0.25) is 0 Å². The van der Waals surface area contributed by atoms with Gasteiger partial charge < -0.3 is 14.2 Å². The first kappa shape index (κ1) is 21.0. The molecule has 156 valence electrons. The number of benzene rings is 2. The summed E-state index contributed by atoms with van der Waals surface area (Å²) in [5.74, 6) is -0.316. The van der Waals surface area contributed by atoms with E-state index in [-0.39, 0.29) is 17.3 Å². The molecule has 0 amide bonds.